The largest absolute Gasteiger partial charge is 0.239 e. The predicted octanol–water partition coefficient (Wildman–Crippen LogP) is -1.58. The molecule has 4 heteroatoms. The first-order chi connectivity index (χ1) is 6.00. The van der Waals surface area contributed by atoms with Crippen LogP contribution in [-0.2, 0) is 0 Å². The van der Waals surface area contributed by atoms with E-state index in [9.17, 15) is 0 Å². The maximum absolute atomic E-state index is 4.29. The number of nitrogens with zero attached hydrogens (tertiary/aromatic N) is 4. The summed E-state index contributed by atoms with van der Waals surface area (Å²) in [6, 6.07) is 0. The summed E-state index contributed by atoms with van der Waals surface area (Å²) in [4.78, 5) is 0. The number of hydrogen-bond acceptors (Lipinski definition) is 0. The quantitative estimate of drug-likeness (QED) is 0.419. The lowest BCUT2D eigenvalue weighted by Crippen LogP contribution is -2.30. The Balaban J connectivity index is 2.00. The molecule has 1 fully saturated rings. The van der Waals surface area contributed by atoms with E-state index < -0.39 is 0 Å². The summed E-state index contributed by atoms with van der Waals surface area (Å²) in [5, 5.41) is 17.1. The molecule has 68 valence electrons. The van der Waals surface area contributed by atoms with Crippen molar-refractivity contribution >= 4 is 0 Å². The van der Waals surface area contributed by atoms with Crippen molar-refractivity contribution in [3.63, 3.8) is 0 Å². The number of rotatable bonds is 0. The summed E-state index contributed by atoms with van der Waals surface area (Å²) in [7, 11) is 0. The van der Waals surface area contributed by atoms with Gasteiger partial charge in [0.25, 0.3) is 0 Å². The molecule has 0 atom stereocenters. The minimum absolute atomic E-state index is 0.857. The summed E-state index contributed by atoms with van der Waals surface area (Å²) in [6.45, 7) is 6.85. The Hall–Kier alpha value is -0.160. The summed E-state index contributed by atoms with van der Waals surface area (Å²) in [6.07, 6.45) is 0. The molecule has 0 aromatic heterocycles. The van der Waals surface area contributed by atoms with Gasteiger partial charge in [-0.25, -0.2) is 21.3 Å². The average molecular weight is 168 g/mol. The lowest BCUT2D eigenvalue weighted by atomic mass is 10.4. The van der Waals surface area contributed by atoms with Gasteiger partial charge in [-0.2, -0.15) is 0 Å². The van der Waals surface area contributed by atoms with Gasteiger partial charge in [-0.1, -0.05) is 0 Å². The van der Waals surface area contributed by atoms with Crippen LogP contribution in [-0.4, -0.2) is 52.4 Å². The van der Waals surface area contributed by atoms with Gasteiger partial charge in [0, 0.05) is 52.4 Å². The monoisotopic (exact) mass is 168 g/mol. The highest BCUT2D eigenvalue weighted by Crippen LogP contribution is 1.72. The standard InChI is InChI=1S/C8H16N4/c1-2-10-5-6-12-8-7-11-4-3-9-1/h1-8H2. The first-order valence-corrected chi connectivity index (χ1v) is 4.53. The van der Waals surface area contributed by atoms with Crippen molar-refractivity contribution in [2.75, 3.05) is 52.4 Å². The Labute approximate surface area is 74.5 Å². The van der Waals surface area contributed by atoms with Gasteiger partial charge in [0.1, 0.15) is 0 Å². The van der Waals surface area contributed by atoms with Crippen LogP contribution in [0.25, 0.3) is 0 Å². The van der Waals surface area contributed by atoms with E-state index in [4.69, 9.17) is 0 Å². The highest BCUT2D eigenvalue weighted by Gasteiger charge is 1.95. The molecule has 0 bridgehead atoms. The lowest BCUT2D eigenvalue weighted by molar-refractivity contribution is 0.517. The molecule has 0 unspecified atom stereocenters. The molecule has 1 aliphatic heterocycles. The Morgan fingerprint density at radius 3 is 0.667 bits per heavy atom. The van der Waals surface area contributed by atoms with Crippen LogP contribution >= 0.6 is 0 Å². The zero-order chi connectivity index (χ0) is 8.49. The molecule has 0 aromatic carbocycles. The zero-order valence-corrected chi connectivity index (χ0v) is 7.45. The van der Waals surface area contributed by atoms with Gasteiger partial charge >= 0.3 is 0 Å². The molecule has 0 spiro atoms. The van der Waals surface area contributed by atoms with Crippen LogP contribution < -0.4 is 21.3 Å². The fraction of sp³-hybridized carbons (Fsp3) is 1.00. The van der Waals surface area contributed by atoms with Crippen molar-refractivity contribution in [1.29, 1.82) is 0 Å². The fourth-order valence-electron chi connectivity index (χ4n) is 1.01. The van der Waals surface area contributed by atoms with Crippen LogP contribution in [0.3, 0.4) is 0 Å². The van der Waals surface area contributed by atoms with E-state index in [2.05, 4.69) is 21.3 Å². The molecule has 1 rings (SSSR count). The second-order valence-electron chi connectivity index (χ2n) is 2.68. The normalized spacial score (nSPS) is 24.0. The summed E-state index contributed by atoms with van der Waals surface area (Å²) >= 11 is 0. The van der Waals surface area contributed by atoms with E-state index in [1.165, 1.54) is 0 Å². The third-order valence-electron chi connectivity index (χ3n) is 1.66. The Morgan fingerprint density at radius 1 is 0.333 bits per heavy atom. The highest BCUT2D eigenvalue weighted by molar-refractivity contribution is 4.58. The fourth-order valence-corrected chi connectivity index (χ4v) is 1.01. The second kappa shape index (κ2) is 7.49. The molecule has 0 amide bonds. The van der Waals surface area contributed by atoms with Gasteiger partial charge in [0.15, 0.2) is 0 Å². The third kappa shape index (κ3) is 5.49. The highest BCUT2D eigenvalue weighted by atomic mass is 15.0. The first kappa shape index (κ1) is 9.92. The maximum Gasteiger partial charge on any atom is 0.0275 e. The molecule has 4 radical (unpaired) electrons. The van der Waals surface area contributed by atoms with Gasteiger partial charge in [0.2, 0.25) is 0 Å². The van der Waals surface area contributed by atoms with E-state index in [0.29, 0.717) is 0 Å². The van der Waals surface area contributed by atoms with Crippen molar-refractivity contribution in [1.82, 2.24) is 21.3 Å². The minimum atomic E-state index is 0.857. The minimum Gasteiger partial charge on any atom is -0.239 e. The molecule has 1 saturated heterocycles. The van der Waals surface area contributed by atoms with Crippen LogP contribution in [0, 0.1) is 0 Å². The topological polar surface area (TPSA) is 56.4 Å². The SMILES string of the molecule is C1C[N]CC[N]CC[N]CC[N]1. The van der Waals surface area contributed by atoms with E-state index in [-0.39, 0.29) is 0 Å². The Kier molecular flexibility index (Phi) is 6.19. The summed E-state index contributed by atoms with van der Waals surface area (Å²) < 4.78 is 0. The molecule has 0 N–H and O–H groups in total. The molecule has 1 heterocycles. The third-order valence-corrected chi connectivity index (χ3v) is 1.66. The maximum atomic E-state index is 4.29. The van der Waals surface area contributed by atoms with E-state index in [0.717, 1.165) is 52.4 Å². The van der Waals surface area contributed by atoms with Crippen LogP contribution in [0.5, 0.6) is 0 Å². The van der Waals surface area contributed by atoms with Crippen molar-refractivity contribution < 1.29 is 0 Å². The van der Waals surface area contributed by atoms with Gasteiger partial charge < -0.3 is 0 Å². The van der Waals surface area contributed by atoms with Gasteiger partial charge in [-0.3, -0.25) is 0 Å². The van der Waals surface area contributed by atoms with Crippen molar-refractivity contribution in [2.24, 2.45) is 0 Å². The molecule has 0 aromatic rings. The average Bonchev–Trinajstić information content (AvgIpc) is 2.05. The molecule has 4 nitrogen and oxygen atoms in total. The summed E-state index contributed by atoms with van der Waals surface area (Å²) in [5.74, 6) is 0. The van der Waals surface area contributed by atoms with E-state index in [1.807, 2.05) is 0 Å². The van der Waals surface area contributed by atoms with Gasteiger partial charge in [-0.15, -0.1) is 0 Å². The lowest BCUT2D eigenvalue weighted by Gasteiger charge is -2.07. The van der Waals surface area contributed by atoms with E-state index in [1.54, 1.807) is 0 Å². The van der Waals surface area contributed by atoms with Crippen molar-refractivity contribution in [2.45, 2.75) is 0 Å². The van der Waals surface area contributed by atoms with Crippen molar-refractivity contribution in [3.05, 3.63) is 0 Å². The van der Waals surface area contributed by atoms with E-state index >= 15 is 0 Å². The van der Waals surface area contributed by atoms with Crippen LogP contribution in [0.4, 0.5) is 0 Å². The smallest absolute Gasteiger partial charge is 0.0275 e. The predicted molar refractivity (Wildman–Crippen MR) is 47.5 cm³/mol. The summed E-state index contributed by atoms with van der Waals surface area (Å²) in [5.41, 5.74) is 0. The van der Waals surface area contributed by atoms with Crippen LogP contribution in [0.1, 0.15) is 0 Å². The van der Waals surface area contributed by atoms with Crippen LogP contribution in [0.15, 0.2) is 0 Å². The van der Waals surface area contributed by atoms with Gasteiger partial charge in [0.05, 0.1) is 0 Å². The zero-order valence-electron chi connectivity index (χ0n) is 7.45. The van der Waals surface area contributed by atoms with Crippen molar-refractivity contribution in [3.8, 4) is 0 Å². The molecule has 0 aliphatic carbocycles. The molecule has 0 saturated carbocycles. The molecular formula is C8H16N4. The second-order valence-corrected chi connectivity index (χ2v) is 2.68. The van der Waals surface area contributed by atoms with Gasteiger partial charge in [-0.05, 0) is 0 Å². The Bertz CT molecular complexity index is 54.0. The first-order valence-electron chi connectivity index (χ1n) is 4.53. The van der Waals surface area contributed by atoms with Crippen LogP contribution in [0.2, 0.25) is 0 Å². The molecule has 12 heavy (non-hydrogen) atoms. The number of hydrogen-bond donors (Lipinski definition) is 0. The Morgan fingerprint density at radius 2 is 0.500 bits per heavy atom. The molecular weight excluding hydrogens is 152 g/mol. The molecule has 1 aliphatic rings.